The topological polar surface area (TPSA) is 55.6 Å². The molecule has 0 amide bonds. The second-order valence-electron chi connectivity index (χ2n) is 4.66. The minimum atomic E-state index is 0.337. The molecule has 0 saturated heterocycles. The third-order valence-corrected chi connectivity index (χ3v) is 4.07. The molecule has 0 aliphatic carbocycles. The first-order valence-corrected chi connectivity index (χ1v) is 7.77. The van der Waals surface area contributed by atoms with Crippen LogP contribution in [-0.2, 0) is 7.05 Å². The van der Waals surface area contributed by atoms with Gasteiger partial charge in [-0.05, 0) is 43.3 Å². The molecule has 0 bridgehead atoms. The van der Waals surface area contributed by atoms with E-state index in [1.165, 1.54) is 0 Å². The molecule has 5 nitrogen and oxygen atoms in total. The van der Waals surface area contributed by atoms with Gasteiger partial charge in [-0.2, -0.15) is 0 Å². The zero-order chi connectivity index (χ0) is 14.4. The van der Waals surface area contributed by atoms with E-state index in [1.54, 1.807) is 18.1 Å². The number of nitrogens with one attached hydrogen (secondary N) is 1. The lowest BCUT2D eigenvalue weighted by Crippen LogP contribution is -2.22. The zero-order valence-electron chi connectivity index (χ0n) is 12.2. The molecule has 0 saturated carbocycles. The number of aryl methyl sites for hydroxylation is 1. The maximum Gasteiger partial charge on any atom is 0.195 e. The Morgan fingerprint density at radius 3 is 2.75 bits per heavy atom. The molecule has 0 fully saturated rings. The molecule has 0 radical (unpaired) electrons. The fourth-order valence-electron chi connectivity index (χ4n) is 1.91. The van der Waals surface area contributed by atoms with E-state index in [0.717, 1.165) is 35.1 Å². The highest BCUT2D eigenvalue weighted by Crippen LogP contribution is 2.25. The summed E-state index contributed by atoms with van der Waals surface area (Å²) in [5.74, 6) is 0. The quantitative estimate of drug-likeness (QED) is 0.850. The predicted octanol–water partition coefficient (Wildman–Crippen LogP) is 2.81. The number of nitrogens with zero attached hydrogens (tertiary/aromatic N) is 4. The minimum Gasteiger partial charge on any atom is -0.311 e. The van der Waals surface area contributed by atoms with E-state index >= 15 is 0 Å². The number of aromatic nitrogens is 4. The van der Waals surface area contributed by atoms with E-state index in [9.17, 15) is 0 Å². The number of rotatable bonds is 7. The third kappa shape index (κ3) is 3.80. The van der Waals surface area contributed by atoms with Gasteiger partial charge in [-0.1, -0.05) is 13.8 Å². The summed E-state index contributed by atoms with van der Waals surface area (Å²) in [6.45, 7) is 5.38. The summed E-state index contributed by atoms with van der Waals surface area (Å²) in [6.07, 6.45) is 5.79. The average Bonchev–Trinajstić information content (AvgIpc) is 2.87. The summed E-state index contributed by atoms with van der Waals surface area (Å²) in [7, 11) is 1.94. The van der Waals surface area contributed by atoms with E-state index in [-0.39, 0.29) is 0 Å². The predicted molar refractivity (Wildman–Crippen MR) is 80.7 cm³/mol. The van der Waals surface area contributed by atoms with Crippen molar-refractivity contribution in [3.8, 4) is 0 Å². The van der Waals surface area contributed by atoms with Crippen molar-refractivity contribution in [1.82, 2.24) is 25.1 Å². The maximum atomic E-state index is 4.57. The largest absolute Gasteiger partial charge is 0.311 e. The second-order valence-corrected chi connectivity index (χ2v) is 5.70. The van der Waals surface area contributed by atoms with Crippen LogP contribution in [0.2, 0.25) is 0 Å². The van der Waals surface area contributed by atoms with Crippen molar-refractivity contribution >= 4 is 11.8 Å². The summed E-state index contributed by atoms with van der Waals surface area (Å²) in [4.78, 5) is 5.65. The number of hydrogen-bond donors (Lipinski definition) is 1. The third-order valence-electron chi connectivity index (χ3n) is 3.04. The van der Waals surface area contributed by atoms with Crippen LogP contribution < -0.4 is 5.32 Å². The summed E-state index contributed by atoms with van der Waals surface area (Å²) >= 11 is 1.57. The Balaban J connectivity index is 2.03. The number of hydrogen-bond acceptors (Lipinski definition) is 5. The molecule has 20 heavy (non-hydrogen) atoms. The molecular formula is C14H21N5S. The first-order chi connectivity index (χ1) is 9.74. The van der Waals surface area contributed by atoms with Gasteiger partial charge in [0.15, 0.2) is 5.16 Å². The van der Waals surface area contributed by atoms with Gasteiger partial charge in [-0.3, -0.25) is 4.98 Å². The van der Waals surface area contributed by atoms with Crippen molar-refractivity contribution in [2.75, 3.05) is 6.54 Å². The fraction of sp³-hybridized carbons (Fsp3) is 0.500. The van der Waals surface area contributed by atoms with E-state index in [4.69, 9.17) is 0 Å². The van der Waals surface area contributed by atoms with Crippen molar-refractivity contribution < 1.29 is 0 Å². The molecule has 1 atom stereocenters. The summed E-state index contributed by atoms with van der Waals surface area (Å²) in [5.41, 5.74) is 1.10. The molecule has 6 heteroatoms. The van der Waals surface area contributed by atoms with Crippen LogP contribution in [0.1, 0.15) is 38.4 Å². The van der Waals surface area contributed by atoms with Crippen molar-refractivity contribution in [3.05, 3.63) is 30.4 Å². The lowest BCUT2D eigenvalue weighted by molar-refractivity contribution is 0.507. The molecule has 1 N–H and O–H groups in total. The fourth-order valence-corrected chi connectivity index (χ4v) is 2.64. The molecule has 0 aliphatic heterocycles. The molecule has 2 rings (SSSR count). The van der Waals surface area contributed by atoms with E-state index in [0.29, 0.717) is 6.04 Å². The Morgan fingerprint density at radius 1 is 1.35 bits per heavy atom. The monoisotopic (exact) mass is 291 g/mol. The van der Waals surface area contributed by atoms with Crippen molar-refractivity contribution in [3.63, 3.8) is 0 Å². The van der Waals surface area contributed by atoms with Crippen LogP contribution in [0.15, 0.2) is 34.7 Å². The second kappa shape index (κ2) is 7.40. The van der Waals surface area contributed by atoms with Gasteiger partial charge in [-0.15, -0.1) is 10.2 Å². The van der Waals surface area contributed by atoms with Crippen LogP contribution in [0.3, 0.4) is 0 Å². The standard InChI is InChI=1S/C14H21N5S/c1-4-8-15-12(5-2)13-7-6-11(9-16-13)20-14-18-17-10-19(14)3/h6-7,9-10,12,15H,4-5,8H2,1-3H3. The van der Waals surface area contributed by atoms with Gasteiger partial charge < -0.3 is 9.88 Å². The van der Waals surface area contributed by atoms with Crippen LogP contribution in [0, 0.1) is 0 Å². The summed E-state index contributed by atoms with van der Waals surface area (Å²) < 4.78 is 1.90. The first-order valence-electron chi connectivity index (χ1n) is 6.95. The van der Waals surface area contributed by atoms with Gasteiger partial charge in [-0.25, -0.2) is 0 Å². The maximum absolute atomic E-state index is 4.57. The Hall–Kier alpha value is -1.40. The van der Waals surface area contributed by atoms with Gasteiger partial charge in [0.2, 0.25) is 0 Å². The highest BCUT2D eigenvalue weighted by atomic mass is 32.2. The minimum absolute atomic E-state index is 0.337. The van der Waals surface area contributed by atoms with E-state index < -0.39 is 0 Å². The Labute approximate surface area is 124 Å². The van der Waals surface area contributed by atoms with E-state index in [1.807, 2.05) is 17.8 Å². The number of pyridine rings is 1. The van der Waals surface area contributed by atoms with Crippen LogP contribution in [0.25, 0.3) is 0 Å². The zero-order valence-corrected chi connectivity index (χ0v) is 13.0. The molecule has 1 unspecified atom stereocenters. The van der Waals surface area contributed by atoms with Gasteiger partial charge in [0.25, 0.3) is 0 Å². The lowest BCUT2D eigenvalue weighted by Gasteiger charge is -2.16. The molecule has 0 spiro atoms. The SMILES string of the molecule is CCCNC(CC)c1ccc(Sc2nncn2C)cn1. The van der Waals surface area contributed by atoms with Crippen molar-refractivity contribution in [1.29, 1.82) is 0 Å². The Bertz CT molecular complexity index is 523. The summed E-state index contributed by atoms with van der Waals surface area (Å²) in [5, 5.41) is 12.3. The molecular weight excluding hydrogens is 270 g/mol. The van der Waals surface area contributed by atoms with Crippen LogP contribution >= 0.6 is 11.8 Å². The van der Waals surface area contributed by atoms with Crippen LogP contribution in [-0.4, -0.2) is 26.3 Å². The highest BCUT2D eigenvalue weighted by molar-refractivity contribution is 7.99. The average molecular weight is 291 g/mol. The lowest BCUT2D eigenvalue weighted by atomic mass is 10.1. The van der Waals surface area contributed by atoms with Gasteiger partial charge in [0, 0.05) is 24.2 Å². The molecule has 2 aromatic heterocycles. The molecule has 0 aliphatic rings. The summed E-state index contributed by atoms with van der Waals surface area (Å²) in [6, 6.07) is 4.52. The van der Waals surface area contributed by atoms with Crippen molar-refractivity contribution in [2.45, 2.75) is 42.8 Å². The first kappa shape index (κ1) is 15.0. The Morgan fingerprint density at radius 2 is 2.20 bits per heavy atom. The molecule has 108 valence electrons. The smallest absolute Gasteiger partial charge is 0.195 e. The van der Waals surface area contributed by atoms with Gasteiger partial charge in [0.05, 0.1) is 5.69 Å². The normalized spacial score (nSPS) is 12.6. The van der Waals surface area contributed by atoms with Gasteiger partial charge in [0.1, 0.15) is 6.33 Å². The molecule has 2 heterocycles. The van der Waals surface area contributed by atoms with Crippen LogP contribution in [0.4, 0.5) is 0 Å². The van der Waals surface area contributed by atoms with Crippen LogP contribution in [0.5, 0.6) is 0 Å². The Kier molecular flexibility index (Phi) is 5.55. The van der Waals surface area contributed by atoms with E-state index in [2.05, 4.69) is 46.5 Å². The van der Waals surface area contributed by atoms with Crippen molar-refractivity contribution in [2.24, 2.45) is 7.05 Å². The van der Waals surface area contributed by atoms with Gasteiger partial charge >= 0.3 is 0 Å². The molecule has 0 aromatic carbocycles. The molecule has 2 aromatic rings. The highest BCUT2D eigenvalue weighted by Gasteiger charge is 2.10.